The van der Waals surface area contributed by atoms with Crippen LogP contribution in [0, 0.1) is 6.92 Å². The molecule has 3 nitrogen and oxygen atoms in total. The molecule has 0 atom stereocenters. The number of anilines is 1. The maximum Gasteiger partial charge on any atom is 0.255 e. The molecular formula is C7H8ClF2N3. The first kappa shape index (κ1) is 10.1. The molecule has 0 aliphatic heterocycles. The Balaban J connectivity index is 2.66. The van der Waals surface area contributed by atoms with Crippen LogP contribution in [0.1, 0.15) is 5.82 Å². The average Bonchev–Trinajstić information content (AvgIpc) is 1.99. The molecule has 6 heteroatoms. The number of nitrogens with one attached hydrogen (secondary N) is 1. The zero-order valence-corrected chi connectivity index (χ0v) is 7.65. The van der Waals surface area contributed by atoms with Gasteiger partial charge >= 0.3 is 0 Å². The van der Waals surface area contributed by atoms with Gasteiger partial charge in [0, 0.05) is 6.07 Å². The highest BCUT2D eigenvalue weighted by atomic mass is 35.5. The molecule has 1 N–H and O–H groups in total. The second-order valence-electron chi connectivity index (χ2n) is 2.40. The average molecular weight is 208 g/mol. The van der Waals surface area contributed by atoms with Gasteiger partial charge in [0.05, 0.1) is 6.54 Å². The van der Waals surface area contributed by atoms with E-state index in [0.29, 0.717) is 11.6 Å². The second-order valence-corrected chi connectivity index (χ2v) is 2.78. The smallest absolute Gasteiger partial charge is 0.255 e. The molecule has 1 rings (SSSR count). The Morgan fingerprint density at radius 1 is 1.54 bits per heavy atom. The summed E-state index contributed by atoms with van der Waals surface area (Å²) in [6, 6.07) is 1.40. The standard InChI is InChI=1S/C7H8ClF2N3/c1-4-12-5(8)2-7(13-4)11-3-6(9)10/h2,6H,3H2,1H3,(H,11,12,13). The van der Waals surface area contributed by atoms with Crippen LogP contribution < -0.4 is 5.32 Å². The normalized spacial score (nSPS) is 10.5. The van der Waals surface area contributed by atoms with Gasteiger partial charge in [0.1, 0.15) is 16.8 Å². The van der Waals surface area contributed by atoms with Crippen molar-refractivity contribution in [1.82, 2.24) is 9.97 Å². The summed E-state index contributed by atoms with van der Waals surface area (Å²) in [5.74, 6) is 0.766. The molecule has 0 saturated carbocycles. The lowest BCUT2D eigenvalue weighted by molar-refractivity contribution is 0.163. The number of halogens is 3. The molecule has 13 heavy (non-hydrogen) atoms. The molecule has 0 unspecified atom stereocenters. The van der Waals surface area contributed by atoms with E-state index in [0.717, 1.165) is 0 Å². The number of aryl methyl sites for hydroxylation is 1. The van der Waals surface area contributed by atoms with Gasteiger partial charge in [0.15, 0.2) is 0 Å². The highest BCUT2D eigenvalue weighted by Crippen LogP contribution is 2.11. The Bertz CT molecular complexity index is 273. The van der Waals surface area contributed by atoms with Crippen LogP contribution in [-0.4, -0.2) is 22.9 Å². The van der Waals surface area contributed by atoms with Crippen molar-refractivity contribution in [2.45, 2.75) is 13.3 Å². The van der Waals surface area contributed by atoms with E-state index >= 15 is 0 Å². The third kappa shape index (κ3) is 3.50. The monoisotopic (exact) mass is 207 g/mol. The van der Waals surface area contributed by atoms with Crippen molar-refractivity contribution >= 4 is 17.4 Å². The zero-order valence-electron chi connectivity index (χ0n) is 6.89. The lowest BCUT2D eigenvalue weighted by atomic mass is 10.5. The van der Waals surface area contributed by atoms with Crippen molar-refractivity contribution in [3.05, 3.63) is 17.0 Å². The quantitative estimate of drug-likeness (QED) is 0.772. The van der Waals surface area contributed by atoms with E-state index in [4.69, 9.17) is 11.6 Å². The summed E-state index contributed by atoms with van der Waals surface area (Å²) in [6.07, 6.45) is -2.41. The van der Waals surface area contributed by atoms with Gasteiger partial charge in [-0.05, 0) is 6.92 Å². The Kier molecular flexibility index (Phi) is 3.36. The summed E-state index contributed by atoms with van der Waals surface area (Å²) in [6.45, 7) is 1.20. The van der Waals surface area contributed by atoms with Crippen molar-refractivity contribution < 1.29 is 8.78 Å². The summed E-state index contributed by atoms with van der Waals surface area (Å²) in [5, 5.41) is 2.68. The molecule has 0 aliphatic carbocycles. The van der Waals surface area contributed by atoms with Crippen molar-refractivity contribution in [2.24, 2.45) is 0 Å². The van der Waals surface area contributed by atoms with Crippen molar-refractivity contribution in [2.75, 3.05) is 11.9 Å². The number of rotatable bonds is 3. The van der Waals surface area contributed by atoms with Crippen molar-refractivity contribution in [3.8, 4) is 0 Å². The Hall–Kier alpha value is -0.970. The zero-order chi connectivity index (χ0) is 9.84. The predicted molar refractivity (Wildman–Crippen MR) is 46.3 cm³/mol. The van der Waals surface area contributed by atoms with E-state index in [2.05, 4.69) is 15.3 Å². The molecule has 72 valence electrons. The topological polar surface area (TPSA) is 37.8 Å². The molecule has 0 radical (unpaired) electrons. The van der Waals surface area contributed by atoms with E-state index in [1.54, 1.807) is 6.92 Å². The minimum atomic E-state index is -2.41. The fraction of sp³-hybridized carbons (Fsp3) is 0.429. The van der Waals surface area contributed by atoms with Crippen LogP contribution in [0.25, 0.3) is 0 Å². The van der Waals surface area contributed by atoms with Gasteiger partial charge in [0.25, 0.3) is 6.43 Å². The maximum absolute atomic E-state index is 11.8. The van der Waals surface area contributed by atoms with Crippen molar-refractivity contribution in [1.29, 1.82) is 0 Å². The summed E-state index contributed by atoms with van der Waals surface area (Å²) in [7, 11) is 0. The number of hydrogen-bond acceptors (Lipinski definition) is 3. The van der Waals surface area contributed by atoms with E-state index in [1.807, 2.05) is 0 Å². The van der Waals surface area contributed by atoms with E-state index in [1.165, 1.54) is 6.07 Å². The van der Waals surface area contributed by atoms with Gasteiger partial charge in [-0.15, -0.1) is 0 Å². The number of alkyl halides is 2. The Morgan fingerprint density at radius 2 is 2.23 bits per heavy atom. The lowest BCUT2D eigenvalue weighted by Gasteiger charge is -2.04. The van der Waals surface area contributed by atoms with Gasteiger partial charge in [-0.1, -0.05) is 11.6 Å². The van der Waals surface area contributed by atoms with Crippen LogP contribution in [0.4, 0.5) is 14.6 Å². The van der Waals surface area contributed by atoms with Gasteiger partial charge in [0.2, 0.25) is 0 Å². The lowest BCUT2D eigenvalue weighted by Crippen LogP contribution is -2.11. The molecule has 0 aromatic carbocycles. The number of hydrogen-bond donors (Lipinski definition) is 1. The van der Waals surface area contributed by atoms with Gasteiger partial charge < -0.3 is 5.32 Å². The van der Waals surface area contributed by atoms with E-state index in [9.17, 15) is 8.78 Å². The van der Waals surface area contributed by atoms with Crippen LogP contribution >= 0.6 is 11.6 Å². The van der Waals surface area contributed by atoms with E-state index in [-0.39, 0.29) is 5.15 Å². The highest BCUT2D eigenvalue weighted by Gasteiger charge is 2.03. The first-order chi connectivity index (χ1) is 6.08. The number of aromatic nitrogens is 2. The summed E-state index contributed by atoms with van der Waals surface area (Å²) in [4.78, 5) is 7.65. The largest absolute Gasteiger partial charge is 0.364 e. The molecule has 1 aromatic rings. The predicted octanol–water partition coefficient (Wildman–Crippen LogP) is 2.12. The summed E-state index contributed by atoms with van der Waals surface area (Å²) in [5.41, 5.74) is 0. The summed E-state index contributed by atoms with van der Waals surface area (Å²) >= 11 is 5.59. The molecular weight excluding hydrogens is 200 g/mol. The minimum absolute atomic E-state index is 0.240. The van der Waals surface area contributed by atoms with Crippen LogP contribution in [-0.2, 0) is 0 Å². The third-order valence-corrected chi connectivity index (χ3v) is 1.44. The van der Waals surface area contributed by atoms with Crippen LogP contribution in [0.15, 0.2) is 6.07 Å². The van der Waals surface area contributed by atoms with Crippen molar-refractivity contribution in [3.63, 3.8) is 0 Å². The highest BCUT2D eigenvalue weighted by molar-refractivity contribution is 6.29. The van der Waals surface area contributed by atoms with Crippen LogP contribution in [0.2, 0.25) is 5.15 Å². The molecule has 0 fully saturated rings. The molecule has 1 heterocycles. The van der Waals surface area contributed by atoms with Crippen LogP contribution in [0.5, 0.6) is 0 Å². The summed E-state index contributed by atoms with van der Waals surface area (Å²) < 4.78 is 23.6. The third-order valence-electron chi connectivity index (χ3n) is 1.24. The van der Waals surface area contributed by atoms with E-state index < -0.39 is 13.0 Å². The molecule has 0 spiro atoms. The van der Waals surface area contributed by atoms with Gasteiger partial charge in [-0.3, -0.25) is 0 Å². The molecule has 0 bridgehead atoms. The maximum atomic E-state index is 11.8. The fourth-order valence-corrected chi connectivity index (χ4v) is 1.03. The molecule has 0 aliphatic rings. The SMILES string of the molecule is Cc1nc(Cl)cc(NCC(F)F)n1. The molecule has 1 aromatic heterocycles. The first-order valence-electron chi connectivity index (χ1n) is 3.61. The molecule has 0 saturated heterocycles. The second kappa shape index (κ2) is 4.32. The van der Waals surface area contributed by atoms with Gasteiger partial charge in [-0.2, -0.15) is 0 Å². The fourth-order valence-electron chi connectivity index (χ4n) is 0.804. The number of nitrogens with zero attached hydrogens (tertiary/aromatic N) is 2. The Morgan fingerprint density at radius 3 is 2.77 bits per heavy atom. The first-order valence-corrected chi connectivity index (χ1v) is 3.99. The van der Waals surface area contributed by atoms with Crippen LogP contribution in [0.3, 0.4) is 0 Å². The van der Waals surface area contributed by atoms with Gasteiger partial charge in [-0.25, -0.2) is 18.7 Å². The Labute approximate surface area is 79.1 Å². The minimum Gasteiger partial charge on any atom is -0.364 e. The molecule has 0 amide bonds.